The molecule has 1 aliphatic heterocycles. The van der Waals surface area contributed by atoms with Crippen LogP contribution in [0, 0.1) is 5.92 Å². The molecule has 2 atom stereocenters. The van der Waals surface area contributed by atoms with Crippen molar-refractivity contribution in [2.24, 2.45) is 5.92 Å². The molecule has 1 heterocycles. The molecule has 25 heavy (non-hydrogen) atoms. The van der Waals surface area contributed by atoms with Crippen LogP contribution in [0.15, 0.2) is 0 Å². The van der Waals surface area contributed by atoms with E-state index in [1.165, 1.54) is 4.90 Å². The Hall–Kier alpha value is -1.99. The summed E-state index contributed by atoms with van der Waals surface area (Å²) in [6.45, 7) is 11.1. The molecule has 0 aromatic carbocycles. The van der Waals surface area contributed by atoms with Crippen molar-refractivity contribution in [3.05, 3.63) is 0 Å². The lowest BCUT2D eigenvalue weighted by Gasteiger charge is -2.26. The minimum absolute atomic E-state index is 0.231. The number of likely N-dealkylation sites (tertiary alicyclic amines) is 1. The molecule has 1 rings (SSSR count). The van der Waals surface area contributed by atoms with Gasteiger partial charge in [-0.3, -0.25) is 4.79 Å². The SMILES string of the molecule is CC(C)(C)OC(=O)NC1CCN(C(=O)OC(C)(C)C)CCC1C(=O)O. The van der Waals surface area contributed by atoms with E-state index in [2.05, 4.69) is 5.32 Å². The van der Waals surface area contributed by atoms with E-state index in [4.69, 9.17) is 9.47 Å². The van der Waals surface area contributed by atoms with Gasteiger partial charge in [-0.1, -0.05) is 0 Å². The molecular weight excluding hydrogens is 328 g/mol. The van der Waals surface area contributed by atoms with Crippen LogP contribution in [0.4, 0.5) is 9.59 Å². The monoisotopic (exact) mass is 358 g/mol. The number of ether oxygens (including phenoxy) is 2. The normalized spacial score (nSPS) is 21.9. The number of rotatable bonds is 2. The molecule has 144 valence electrons. The third-order valence-electron chi connectivity index (χ3n) is 3.58. The van der Waals surface area contributed by atoms with E-state index in [1.54, 1.807) is 41.5 Å². The molecule has 0 aromatic heterocycles. The maximum atomic E-state index is 12.2. The number of nitrogens with zero attached hydrogens (tertiary/aromatic N) is 1. The zero-order valence-corrected chi connectivity index (χ0v) is 15.9. The van der Waals surface area contributed by atoms with Crippen LogP contribution < -0.4 is 5.32 Å². The molecular formula is C17H30N2O6. The van der Waals surface area contributed by atoms with Crippen molar-refractivity contribution in [2.75, 3.05) is 13.1 Å². The summed E-state index contributed by atoms with van der Waals surface area (Å²) in [5, 5.41) is 12.1. The molecule has 8 heteroatoms. The van der Waals surface area contributed by atoms with Crippen LogP contribution in [0.3, 0.4) is 0 Å². The fourth-order valence-corrected chi connectivity index (χ4v) is 2.54. The molecule has 1 aliphatic rings. The first-order valence-corrected chi connectivity index (χ1v) is 8.49. The van der Waals surface area contributed by atoms with E-state index < -0.39 is 41.3 Å². The van der Waals surface area contributed by atoms with Crippen molar-refractivity contribution in [3.63, 3.8) is 0 Å². The predicted octanol–water partition coefficient (Wildman–Crippen LogP) is 2.61. The van der Waals surface area contributed by atoms with Gasteiger partial charge < -0.3 is 24.8 Å². The molecule has 1 saturated heterocycles. The lowest BCUT2D eigenvalue weighted by molar-refractivity contribution is -0.142. The second-order valence-electron chi connectivity index (χ2n) is 8.24. The Morgan fingerprint density at radius 3 is 1.96 bits per heavy atom. The molecule has 1 fully saturated rings. The summed E-state index contributed by atoms with van der Waals surface area (Å²) in [6.07, 6.45) is -0.589. The van der Waals surface area contributed by atoms with Gasteiger partial charge in [-0.05, 0) is 54.4 Å². The highest BCUT2D eigenvalue weighted by atomic mass is 16.6. The first-order valence-electron chi connectivity index (χ1n) is 8.49. The highest BCUT2D eigenvalue weighted by molar-refractivity contribution is 5.74. The molecule has 0 aromatic rings. The van der Waals surface area contributed by atoms with Crippen LogP contribution in [0.1, 0.15) is 54.4 Å². The van der Waals surface area contributed by atoms with Crippen LogP contribution in [-0.4, -0.2) is 58.5 Å². The number of hydrogen-bond donors (Lipinski definition) is 2. The van der Waals surface area contributed by atoms with Gasteiger partial charge in [0.25, 0.3) is 0 Å². The number of amides is 2. The average Bonchev–Trinajstić information content (AvgIpc) is 2.56. The number of carboxylic acid groups (broad SMARTS) is 1. The zero-order chi connectivity index (χ0) is 19.4. The number of alkyl carbamates (subject to hydrolysis) is 1. The molecule has 2 amide bonds. The summed E-state index contributed by atoms with van der Waals surface area (Å²) in [5.74, 6) is -1.80. The minimum atomic E-state index is -1.01. The maximum absolute atomic E-state index is 12.2. The first-order chi connectivity index (χ1) is 11.3. The molecule has 0 bridgehead atoms. The van der Waals surface area contributed by atoms with Crippen LogP contribution in [0.5, 0.6) is 0 Å². The Kier molecular flexibility index (Phi) is 6.68. The standard InChI is InChI=1S/C17H30N2O6/c1-16(2,3)24-14(22)18-12-8-10-19(9-7-11(12)13(20)21)15(23)25-17(4,5)6/h11-12H,7-10H2,1-6H3,(H,18,22)(H,20,21). The van der Waals surface area contributed by atoms with Gasteiger partial charge in [-0.2, -0.15) is 0 Å². The number of nitrogens with one attached hydrogen (secondary N) is 1. The second kappa shape index (κ2) is 7.93. The zero-order valence-electron chi connectivity index (χ0n) is 15.9. The van der Waals surface area contributed by atoms with Gasteiger partial charge in [0.05, 0.1) is 5.92 Å². The fourth-order valence-electron chi connectivity index (χ4n) is 2.54. The molecule has 0 spiro atoms. The second-order valence-corrected chi connectivity index (χ2v) is 8.24. The van der Waals surface area contributed by atoms with Crippen molar-refractivity contribution >= 4 is 18.2 Å². The van der Waals surface area contributed by atoms with Crippen LogP contribution in [-0.2, 0) is 14.3 Å². The van der Waals surface area contributed by atoms with Crippen LogP contribution >= 0.6 is 0 Å². The highest BCUT2D eigenvalue weighted by Crippen LogP contribution is 2.21. The van der Waals surface area contributed by atoms with Gasteiger partial charge in [0.15, 0.2) is 0 Å². The number of aliphatic carboxylic acids is 1. The third kappa shape index (κ3) is 7.62. The van der Waals surface area contributed by atoms with Crippen molar-refractivity contribution in [1.82, 2.24) is 10.2 Å². The van der Waals surface area contributed by atoms with Crippen molar-refractivity contribution < 1.29 is 29.0 Å². The van der Waals surface area contributed by atoms with E-state index in [-0.39, 0.29) is 13.0 Å². The molecule has 0 saturated carbocycles. The Morgan fingerprint density at radius 2 is 1.48 bits per heavy atom. The topological polar surface area (TPSA) is 105 Å². The summed E-state index contributed by atoms with van der Waals surface area (Å²) < 4.78 is 10.5. The highest BCUT2D eigenvalue weighted by Gasteiger charge is 2.35. The van der Waals surface area contributed by atoms with E-state index >= 15 is 0 Å². The molecule has 0 aliphatic carbocycles. The number of hydrogen-bond acceptors (Lipinski definition) is 5. The van der Waals surface area contributed by atoms with Gasteiger partial charge in [0.1, 0.15) is 11.2 Å². The first kappa shape index (κ1) is 21.1. The largest absolute Gasteiger partial charge is 0.481 e. The summed E-state index contributed by atoms with van der Waals surface area (Å²) in [5.41, 5.74) is -1.29. The maximum Gasteiger partial charge on any atom is 0.410 e. The van der Waals surface area contributed by atoms with Gasteiger partial charge in [-0.15, -0.1) is 0 Å². The van der Waals surface area contributed by atoms with E-state index in [0.29, 0.717) is 13.0 Å². The fraction of sp³-hybridized carbons (Fsp3) is 0.824. The van der Waals surface area contributed by atoms with Crippen molar-refractivity contribution in [3.8, 4) is 0 Å². The van der Waals surface area contributed by atoms with E-state index in [0.717, 1.165) is 0 Å². The summed E-state index contributed by atoms with van der Waals surface area (Å²) in [4.78, 5) is 37.2. The molecule has 8 nitrogen and oxygen atoms in total. The third-order valence-corrected chi connectivity index (χ3v) is 3.58. The summed E-state index contributed by atoms with van der Waals surface area (Å²) in [6, 6.07) is -0.611. The minimum Gasteiger partial charge on any atom is -0.481 e. The van der Waals surface area contributed by atoms with Gasteiger partial charge in [-0.25, -0.2) is 9.59 Å². The van der Waals surface area contributed by atoms with E-state index in [9.17, 15) is 19.5 Å². The van der Waals surface area contributed by atoms with E-state index in [1.807, 2.05) is 0 Å². The lowest BCUT2D eigenvalue weighted by Crippen LogP contribution is -2.45. The Bertz CT molecular complexity index is 506. The summed E-state index contributed by atoms with van der Waals surface area (Å²) >= 11 is 0. The Labute approximate surface area is 148 Å². The molecule has 2 N–H and O–H groups in total. The van der Waals surface area contributed by atoms with Crippen molar-refractivity contribution in [2.45, 2.75) is 71.6 Å². The average molecular weight is 358 g/mol. The smallest absolute Gasteiger partial charge is 0.410 e. The van der Waals surface area contributed by atoms with Gasteiger partial charge >= 0.3 is 18.2 Å². The van der Waals surface area contributed by atoms with Gasteiger partial charge in [0, 0.05) is 19.1 Å². The Morgan fingerprint density at radius 1 is 0.960 bits per heavy atom. The number of carbonyl (C=O) groups excluding carboxylic acids is 2. The number of carboxylic acids is 1. The van der Waals surface area contributed by atoms with Gasteiger partial charge in [0.2, 0.25) is 0 Å². The summed E-state index contributed by atoms with van der Waals surface area (Å²) in [7, 11) is 0. The lowest BCUT2D eigenvalue weighted by atomic mass is 9.95. The number of carbonyl (C=O) groups is 3. The predicted molar refractivity (Wildman–Crippen MR) is 91.3 cm³/mol. The molecule has 2 unspecified atom stereocenters. The van der Waals surface area contributed by atoms with Crippen molar-refractivity contribution in [1.29, 1.82) is 0 Å². The molecule has 0 radical (unpaired) electrons. The van der Waals surface area contributed by atoms with Crippen LogP contribution in [0.2, 0.25) is 0 Å². The Balaban J connectivity index is 2.77. The van der Waals surface area contributed by atoms with Crippen LogP contribution in [0.25, 0.3) is 0 Å². The quantitative estimate of drug-likeness (QED) is 0.786.